The molecule has 4 saturated carbocycles. The van der Waals surface area contributed by atoms with E-state index in [9.17, 15) is 14.9 Å². The van der Waals surface area contributed by atoms with Gasteiger partial charge in [-0.25, -0.2) is 4.68 Å². The van der Waals surface area contributed by atoms with Gasteiger partial charge in [-0.05, 0) is 105 Å². The zero-order valence-corrected chi connectivity index (χ0v) is 24.1. The van der Waals surface area contributed by atoms with Gasteiger partial charge in [0.05, 0.1) is 17.9 Å². The van der Waals surface area contributed by atoms with Gasteiger partial charge in [-0.15, -0.1) is 0 Å². The molecular weight excluding hydrogens is 540 g/mol. The summed E-state index contributed by atoms with van der Waals surface area (Å²) < 4.78 is 12.8. The van der Waals surface area contributed by atoms with Crippen molar-refractivity contribution in [3.63, 3.8) is 0 Å². The molecule has 1 aromatic heterocycles. The maximum Gasteiger partial charge on any atom is 0.271 e. The maximum absolute atomic E-state index is 14.1. The van der Waals surface area contributed by atoms with Crippen LogP contribution in [0, 0.1) is 29.1 Å². The molecule has 4 bridgehead atoms. The molecule has 2 aromatic carbocycles. The second-order valence-corrected chi connectivity index (χ2v) is 13.0. The zero-order chi connectivity index (χ0) is 29.3. The first-order chi connectivity index (χ1) is 20.9. The third kappa shape index (κ3) is 4.21. The monoisotopic (exact) mass is 572 g/mol. The topological polar surface area (TPSA) is 97.5 Å². The summed E-state index contributed by atoms with van der Waals surface area (Å²) in [6.07, 6.45) is 11.2. The average Bonchev–Trinajstić information content (AvgIpc) is 3.65. The van der Waals surface area contributed by atoms with E-state index in [0.29, 0.717) is 28.2 Å². The first-order valence-electron chi connectivity index (χ1n) is 15.1. The molecule has 0 N–H and O–H groups in total. The molecule has 0 radical (unpaired) electrons. The number of nitrogens with zero attached hydrogens (tertiary/aromatic N) is 4. The van der Waals surface area contributed by atoms with Crippen LogP contribution in [-0.4, -0.2) is 33.3 Å². The highest BCUT2D eigenvalue weighted by atomic mass is 16.7. The van der Waals surface area contributed by atoms with Crippen molar-refractivity contribution in [2.45, 2.75) is 57.4 Å². The van der Waals surface area contributed by atoms with Crippen molar-refractivity contribution in [1.29, 1.82) is 5.26 Å². The van der Waals surface area contributed by atoms with E-state index in [1.165, 1.54) is 24.2 Å². The Morgan fingerprint density at radius 2 is 1.67 bits per heavy atom. The first-order valence-corrected chi connectivity index (χ1v) is 15.1. The summed E-state index contributed by atoms with van der Waals surface area (Å²) in [5, 5.41) is 15.3. The fourth-order valence-corrected chi connectivity index (χ4v) is 8.67. The van der Waals surface area contributed by atoms with Crippen molar-refractivity contribution in [2.75, 3.05) is 6.79 Å². The molecule has 4 aliphatic carbocycles. The van der Waals surface area contributed by atoms with Gasteiger partial charge in [-0.1, -0.05) is 24.3 Å². The van der Waals surface area contributed by atoms with Crippen molar-refractivity contribution >= 4 is 17.9 Å². The lowest BCUT2D eigenvalue weighted by atomic mass is 9.48. The van der Waals surface area contributed by atoms with Crippen molar-refractivity contribution in [3.8, 4) is 23.3 Å². The Labute approximate surface area is 250 Å². The van der Waals surface area contributed by atoms with Crippen molar-refractivity contribution in [2.24, 2.45) is 17.8 Å². The smallest absolute Gasteiger partial charge is 0.271 e. The molecule has 216 valence electrons. The van der Waals surface area contributed by atoms with E-state index in [4.69, 9.17) is 14.6 Å². The summed E-state index contributed by atoms with van der Waals surface area (Å²) in [5.74, 6) is 2.39. The molecule has 3 aromatic rings. The van der Waals surface area contributed by atoms with Gasteiger partial charge >= 0.3 is 0 Å². The Bertz CT molecular complexity index is 1740. The normalized spacial score (nSPS) is 28.2. The average molecular weight is 573 g/mol. The number of nitriles is 1. The van der Waals surface area contributed by atoms with E-state index in [0.717, 1.165) is 54.0 Å². The minimum Gasteiger partial charge on any atom is -0.454 e. The van der Waals surface area contributed by atoms with Crippen molar-refractivity contribution in [1.82, 2.24) is 14.7 Å². The molecule has 8 nitrogen and oxygen atoms in total. The van der Waals surface area contributed by atoms with Gasteiger partial charge in [-0.2, -0.15) is 10.4 Å². The highest BCUT2D eigenvalue weighted by Crippen LogP contribution is 2.61. The van der Waals surface area contributed by atoms with Crippen LogP contribution in [0.1, 0.15) is 62.3 Å². The van der Waals surface area contributed by atoms with E-state index >= 15 is 0 Å². The number of ether oxygens (including phenoxy) is 2. The van der Waals surface area contributed by atoms with Crippen molar-refractivity contribution in [3.05, 3.63) is 88.3 Å². The molecule has 8 heteroatoms. The Morgan fingerprint density at radius 3 is 2.37 bits per heavy atom. The van der Waals surface area contributed by atoms with Crippen LogP contribution in [0.2, 0.25) is 0 Å². The van der Waals surface area contributed by atoms with E-state index in [2.05, 4.69) is 6.07 Å². The molecular formula is C35H32N4O4. The van der Waals surface area contributed by atoms with Gasteiger partial charge in [0, 0.05) is 22.7 Å². The summed E-state index contributed by atoms with van der Waals surface area (Å²) in [5.41, 5.74) is 4.34. The SMILES string of the molecule is CC1=C(C#N)C(=O)N(Cc2ccc3c(c2)OCO3)C(=O)/C1=C/c1cn(-c2ccccc2)nc1C12CC3CC(CC(C3)C1)C2. The third-order valence-electron chi connectivity index (χ3n) is 10.2. The van der Waals surface area contributed by atoms with Gasteiger partial charge in [-0.3, -0.25) is 14.5 Å². The fraction of sp³-hybridized carbons (Fsp3) is 0.371. The summed E-state index contributed by atoms with van der Waals surface area (Å²) in [4.78, 5) is 28.7. The molecule has 0 unspecified atom stereocenters. The number of imide groups is 1. The minimum atomic E-state index is -0.582. The van der Waals surface area contributed by atoms with Gasteiger partial charge < -0.3 is 9.47 Å². The Balaban J connectivity index is 1.23. The second-order valence-electron chi connectivity index (χ2n) is 13.0. The van der Waals surface area contributed by atoms with Crippen LogP contribution in [-0.2, 0) is 21.5 Å². The molecule has 2 aliphatic heterocycles. The molecule has 0 saturated heterocycles. The molecule has 0 atom stereocenters. The number of hydrogen-bond donors (Lipinski definition) is 0. The van der Waals surface area contributed by atoms with Crippen LogP contribution in [0.25, 0.3) is 11.8 Å². The van der Waals surface area contributed by atoms with Crippen LogP contribution in [0.5, 0.6) is 11.5 Å². The number of rotatable bonds is 5. The number of benzene rings is 2. The Kier molecular flexibility index (Phi) is 5.87. The largest absolute Gasteiger partial charge is 0.454 e. The zero-order valence-electron chi connectivity index (χ0n) is 24.1. The molecule has 9 rings (SSSR count). The molecule has 3 heterocycles. The predicted octanol–water partition coefficient (Wildman–Crippen LogP) is 5.86. The quantitative estimate of drug-likeness (QED) is 0.281. The van der Waals surface area contributed by atoms with Gasteiger partial charge in [0.1, 0.15) is 11.6 Å². The lowest BCUT2D eigenvalue weighted by Crippen LogP contribution is -2.49. The van der Waals surface area contributed by atoms with Crippen LogP contribution < -0.4 is 9.47 Å². The van der Waals surface area contributed by atoms with Crippen LogP contribution in [0.3, 0.4) is 0 Å². The minimum absolute atomic E-state index is 0.0154. The molecule has 6 aliphatic rings. The molecule has 4 fully saturated rings. The van der Waals surface area contributed by atoms with E-state index in [-0.39, 0.29) is 24.3 Å². The molecule has 2 amide bonds. The van der Waals surface area contributed by atoms with Gasteiger partial charge in [0.2, 0.25) is 6.79 Å². The van der Waals surface area contributed by atoms with Gasteiger partial charge in [0.15, 0.2) is 11.5 Å². The van der Waals surface area contributed by atoms with E-state index in [1.54, 1.807) is 19.1 Å². The second kappa shape index (κ2) is 9.70. The van der Waals surface area contributed by atoms with Crippen LogP contribution in [0.15, 0.2) is 71.4 Å². The first kappa shape index (κ1) is 26.0. The fourth-order valence-electron chi connectivity index (χ4n) is 8.67. The Morgan fingerprint density at radius 1 is 0.977 bits per heavy atom. The summed E-state index contributed by atoms with van der Waals surface area (Å²) in [6, 6.07) is 17.5. The number of carbonyl (C=O) groups is 2. The lowest BCUT2D eigenvalue weighted by Gasteiger charge is -2.56. The van der Waals surface area contributed by atoms with E-state index in [1.807, 2.05) is 53.4 Å². The number of para-hydroxylation sites is 1. The number of hydrogen-bond acceptors (Lipinski definition) is 6. The molecule has 43 heavy (non-hydrogen) atoms. The lowest BCUT2D eigenvalue weighted by molar-refractivity contribution is -0.141. The summed E-state index contributed by atoms with van der Waals surface area (Å²) in [7, 11) is 0. The molecule has 0 spiro atoms. The number of aromatic nitrogens is 2. The van der Waals surface area contributed by atoms with Crippen LogP contribution >= 0.6 is 0 Å². The highest BCUT2D eigenvalue weighted by Gasteiger charge is 2.53. The summed E-state index contributed by atoms with van der Waals surface area (Å²) >= 11 is 0. The summed E-state index contributed by atoms with van der Waals surface area (Å²) in [6.45, 7) is 1.86. The Hall–Kier alpha value is -4.64. The third-order valence-corrected chi connectivity index (χ3v) is 10.2. The highest BCUT2D eigenvalue weighted by molar-refractivity contribution is 6.19. The number of fused-ring (bicyclic) bond motifs is 1. The van der Waals surface area contributed by atoms with E-state index < -0.39 is 11.8 Å². The standard InChI is InChI=1S/C35H32N4O4/c1-21-28(33(40)38(34(41)29(21)17-36)18-22-7-8-30-31(12-22)43-20-42-30)13-26-19-39(27-5-3-2-4-6-27)37-32(26)35-14-23-9-24(15-35)11-25(10-23)16-35/h2-8,12-13,19,23-25H,9-11,14-16,18,20H2,1H3/b28-13+. The number of carbonyl (C=O) groups excluding carboxylic acids is 2. The van der Waals surface area contributed by atoms with Gasteiger partial charge in [0.25, 0.3) is 11.8 Å². The maximum atomic E-state index is 14.1. The van der Waals surface area contributed by atoms with Crippen molar-refractivity contribution < 1.29 is 19.1 Å². The number of amides is 2. The van der Waals surface area contributed by atoms with Crippen LogP contribution in [0.4, 0.5) is 0 Å². The predicted molar refractivity (Wildman–Crippen MR) is 158 cm³/mol.